The third-order valence-corrected chi connectivity index (χ3v) is 5.19. The third kappa shape index (κ3) is 1.92. The molecule has 0 aromatic rings. The molecule has 4 aliphatic rings. The number of rotatable bonds is 3. The summed E-state index contributed by atoms with van der Waals surface area (Å²) in [5.74, 6) is 2.68. The van der Waals surface area contributed by atoms with Crippen molar-refractivity contribution in [2.24, 2.45) is 23.5 Å². The summed E-state index contributed by atoms with van der Waals surface area (Å²) < 4.78 is 0. The van der Waals surface area contributed by atoms with E-state index in [-0.39, 0.29) is 0 Å². The average molecular weight is 237 g/mol. The van der Waals surface area contributed by atoms with Crippen LogP contribution in [0.3, 0.4) is 0 Å². The lowest BCUT2D eigenvalue weighted by Crippen LogP contribution is -2.58. The molecule has 0 aliphatic carbocycles. The quantitative estimate of drug-likeness (QED) is 0.795. The number of hydrogen-bond donors (Lipinski definition) is 1. The minimum absolute atomic E-state index is 0.630. The van der Waals surface area contributed by atoms with Crippen molar-refractivity contribution in [2.75, 3.05) is 32.7 Å². The van der Waals surface area contributed by atoms with Crippen LogP contribution in [-0.2, 0) is 0 Å². The predicted molar refractivity (Wildman–Crippen MR) is 70.8 cm³/mol. The maximum Gasteiger partial charge on any atom is 0.0377 e. The smallest absolute Gasteiger partial charge is 0.0377 e. The maximum atomic E-state index is 6.07. The van der Waals surface area contributed by atoms with Crippen LogP contribution in [0.15, 0.2) is 0 Å². The molecule has 4 heterocycles. The SMILES string of the molecule is CC(C)CN1CC2C3CCN(CC3)C2C1CN. The minimum atomic E-state index is 0.630. The van der Waals surface area contributed by atoms with E-state index in [1.807, 2.05) is 0 Å². The summed E-state index contributed by atoms with van der Waals surface area (Å²) in [4.78, 5) is 5.43. The summed E-state index contributed by atoms with van der Waals surface area (Å²) in [5, 5.41) is 0. The van der Waals surface area contributed by atoms with Crippen LogP contribution in [0.5, 0.6) is 0 Å². The molecule has 3 nitrogen and oxygen atoms in total. The first kappa shape index (κ1) is 11.9. The maximum absolute atomic E-state index is 6.07. The van der Waals surface area contributed by atoms with Crippen molar-refractivity contribution >= 4 is 0 Å². The van der Waals surface area contributed by atoms with Crippen LogP contribution in [0.25, 0.3) is 0 Å². The number of nitrogens with two attached hydrogens (primary N) is 1. The van der Waals surface area contributed by atoms with Gasteiger partial charge in [-0.25, -0.2) is 0 Å². The Kier molecular flexibility index (Phi) is 3.18. The Morgan fingerprint density at radius 2 is 1.94 bits per heavy atom. The van der Waals surface area contributed by atoms with Gasteiger partial charge in [-0.15, -0.1) is 0 Å². The summed E-state index contributed by atoms with van der Waals surface area (Å²) in [6.07, 6.45) is 2.88. The van der Waals surface area contributed by atoms with Gasteiger partial charge in [0.05, 0.1) is 0 Å². The van der Waals surface area contributed by atoms with Crippen LogP contribution >= 0.6 is 0 Å². The number of nitrogens with zero attached hydrogens (tertiary/aromatic N) is 2. The molecule has 4 saturated heterocycles. The van der Waals surface area contributed by atoms with Crippen LogP contribution in [0, 0.1) is 17.8 Å². The van der Waals surface area contributed by atoms with Gasteiger partial charge in [0.2, 0.25) is 0 Å². The van der Waals surface area contributed by atoms with Gasteiger partial charge in [0.1, 0.15) is 0 Å². The number of fused-ring (bicyclic) bond motifs is 2. The fourth-order valence-electron chi connectivity index (χ4n) is 4.57. The topological polar surface area (TPSA) is 32.5 Å². The lowest BCUT2D eigenvalue weighted by atomic mass is 9.74. The summed E-state index contributed by atoms with van der Waals surface area (Å²) >= 11 is 0. The van der Waals surface area contributed by atoms with Crippen LogP contribution in [0.4, 0.5) is 0 Å². The van der Waals surface area contributed by atoms with Crippen LogP contribution < -0.4 is 5.73 Å². The zero-order valence-corrected chi connectivity index (χ0v) is 11.3. The lowest BCUT2D eigenvalue weighted by Gasteiger charge is -2.49. The molecule has 2 bridgehead atoms. The molecule has 2 N–H and O–H groups in total. The monoisotopic (exact) mass is 237 g/mol. The van der Waals surface area contributed by atoms with E-state index in [1.165, 1.54) is 39.0 Å². The fourth-order valence-corrected chi connectivity index (χ4v) is 4.57. The number of likely N-dealkylation sites (tertiary alicyclic amines) is 1. The normalized spacial score (nSPS) is 45.5. The fraction of sp³-hybridized carbons (Fsp3) is 1.00. The molecule has 17 heavy (non-hydrogen) atoms. The Morgan fingerprint density at radius 1 is 1.24 bits per heavy atom. The summed E-state index contributed by atoms with van der Waals surface area (Å²) in [5.41, 5.74) is 6.07. The molecule has 0 saturated carbocycles. The van der Waals surface area contributed by atoms with Gasteiger partial charge in [0.15, 0.2) is 0 Å². The summed E-state index contributed by atoms with van der Waals surface area (Å²) in [6, 6.07) is 1.41. The first-order valence-corrected chi connectivity index (χ1v) is 7.39. The molecule has 3 atom stereocenters. The zero-order chi connectivity index (χ0) is 12.0. The Balaban J connectivity index is 1.78. The second kappa shape index (κ2) is 4.52. The van der Waals surface area contributed by atoms with Gasteiger partial charge in [-0.3, -0.25) is 9.80 Å². The lowest BCUT2D eigenvalue weighted by molar-refractivity contribution is 0.00469. The Hall–Kier alpha value is -0.120. The van der Waals surface area contributed by atoms with E-state index in [1.54, 1.807) is 0 Å². The average Bonchev–Trinajstić information content (AvgIpc) is 2.69. The highest BCUT2D eigenvalue weighted by atomic mass is 15.3. The van der Waals surface area contributed by atoms with Crippen molar-refractivity contribution in [1.29, 1.82) is 0 Å². The van der Waals surface area contributed by atoms with Crippen molar-refractivity contribution in [2.45, 2.75) is 38.8 Å². The molecule has 4 rings (SSSR count). The molecule has 0 aromatic carbocycles. The Bertz CT molecular complexity index is 271. The van der Waals surface area contributed by atoms with Crippen molar-refractivity contribution in [1.82, 2.24) is 9.80 Å². The highest BCUT2D eigenvalue weighted by Gasteiger charge is 2.51. The molecule has 0 radical (unpaired) electrons. The third-order valence-electron chi connectivity index (χ3n) is 5.19. The van der Waals surface area contributed by atoms with E-state index in [0.717, 1.165) is 30.3 Å². The summed E-state index contributed by atoms with van der Waals surface area (Å²) in [7, 11) is 0. The van der Waals surface area contributed by atoms with E-state index < -0.39 is 0 Å². The largest absolute Gasteiger partial charge is 0.329 e. The molecule has 4 aliphatic heterocycles. The minimum Gasteiger partial charge on any atom is -0.329 e. The van der Waals surface area contributed by atoms with Crippen molar-refractivity contribution in [3.63, 3.8) is 0 Å². The molecule has 3 heteroatoms. The van der Waals surface area contributed by atoms with Crippen LogP contribution in [0.2, 0.25) is 0 Å². The molecule has 98 valence electrons. The van der Waals surface area contributed by atoms with Crippen LogP contribution in [0.1, 0.15) is 26.7 Å². The van der Waals surface area contributed by atoms with E-state index in [9.17, 15) is 0 Å². The summed E-state index contributed by atoms with van der Waals surface area (Å²) in [6.45, 7) is 10.7. The Labute approximate surface area is 105 Å². The standard InChI is InChI=1S/C14H27N3/c1-10(2)8-17-9-12-11-3-5-16(6-4-11)14(12)13(17)7-15/h10-14H,3-9,15H2,1-2H3. The van der Waals surface area contributed by atoms with Gasteiger partial charge >= 0.3 is 0 Å². The van der Waals surface area contributed by atoms with E-state index in [2.05, 4.69) is 23.6 Å². The Morgan fingerprint density at radius 3 is 2.53 bits per heavy atom. The zero-order valence-electron chi connectivity index (χ0n) is 11.3. The van der Waals surface area contributed by atoms with Gasteiger partial charge in [-0.1, -0.05) is 13.8 Å². The first-order chi connectivity index (χ1) is 8.20. The van der Waals surface area contributed by atoms with E-state index in [0.29, 0.717) is 6.04 Å². The van der Waals surface area contributed by atoms with Crippen LogP contribution in [-0.4, -0.2) is 54.6 Å². The molecule has 0 aromatic heterocycles. The first-order valence-electron chi connectivity index (χ1n) is 7.39. The molecule has 4 fully saturated rings. The van der Waals surface area contributed by atoms with Crippen molar-refractivity contribution < 1.29 is 0 Å². The van der Waals surface area contributed by atoms with Gasteiger partial charge in [0, 0.05) is 31.7 Å². The molecule has 0 amide bonds. The van der Waals surface area contributed by atoms with Gasteiger partial charge in [-0.05, 0) is 43.7 Å². The predicted octanol–water partition coefficient (Wildman–Crippen LogP) is 0.996. The van der Waals surface area contributed by atoms with Crippen molar-refractivity contribution in [3.05, 3.63) is 0 Å². The van der Waals surface area contributed by atoms with Gasteiger partial charge < -0.3 is 5.73 Å². The number of hydrogen-bond acceptors (Lipinski definition) is 3. The van der Waals surface area contributed by atoms with Gasteiger partial charge in [0.25, 0.3) is 0 Å². The van der Waals surface area contributed by atoms with Crippen molar-refractivity contribution in [3.8, 4) is 0 Å². The molecule has 0 spiro atoms. The molecular formula is C14H27N3. The highest BCUT2D eigenvalue weighted by molar-refractivity contribution is 5.06. The molecular weight excluding hydrogens is 210 g/mol. The highest BCUT2D eigenvalue weighted by Crippen LogP contribution is 2.43. The molecule has 3 unspecified atom stereocenters. The number of piperidine rings is 3. The second-order valence-electron chi connectivity index (χ2n) is 6.68. The van der Waals surface area contributed by atoms with Gasteiger partial charge in [-0.2, -0.15) is 0 Å². The van der Waals surface area contributed by atoms with E-state index >= 15 is 0 Å². The second-order valence-corrected chi connectivity index (χ2v) is 6.68. The van der Waals surface area contributed by atoms with E-state index in [4.69, 9.17) is 5.73 Å².